The van der Waals surface area contributed by atoms with E-state index in [1.165, 1.54) is 0 Å². The van der Waals surface area contributed by atoms with Crippen molar-refractivity contribution in [1.82, 2.24) is 4.98 Å². The summed E-state index contributed by atoms with van der Waals surface area (Å²) in [7, 11) is 0. The average Bonchev–Trinajstić information content (AvgIpc) is 3.21. The molecule has 0 radical (unpaired) electrons. The van der Waals surface area contributed by atoms with Crippen LogP contribution in [0.1, 0.15) is 48.2 Å². The second-order valence-electron chi connectivity index (χ2n) is 8.38. The molecule has 1 N–H and O–H groups in total. The van der Waals surface area contributed by atoms with Crippen molar-refractivity contribution in [3.63, 3.8) is 0 Å². The first-order valence-corrected chi connectivity index (χ1v) is 11.9. The van der Waals surface area contributed by atoms with E-state index >= 15 is 0 Å². The van der Waals surface area contributed by atoms with Crippen LogP contribution < -0.4 is 4.74 Å². The predicted molar refractivity (Wildman–Crippen MR) is 134 cm³/mol. The molecule has 6 heteroatoms. The maximum atomic E-state index is 12.3. The quantitative estimate of drug-likeness (QED) is 0.352. The number of hydrogen-bond donors (Lipinski definition) is 1. The highest BCUT2D eigenvalue weighted by Gasteiger charge is 2.22. The summed E-state index contributed by atoms with van der Waals surface area (Å²) in [6.07, 6.45) is 1.90. The molecule has 0 spiro atoms. The number of hydrogen-bond acceptors (Lipinski definition) is 5. The molecule has 0 aliphatic carbocycles. The fourth-order valence-corrected chi connectivity index (χ4v) is 4.39. The number of benzene rings is 2. The van der Waals surface area contributed by atoms with Crippen molar-refractivity contribution < 1.29 is 23.8 Å². The number of furan rings is 1. The van der Waals surface area contributed by atoms with E-state index < -0.39 is 5.97 Å². The Morgan fingerprint density at radius 3 is 2.56 bits per heavy atom. The Labute approximate surface area is 199 Å². The summed E-state index contributed by atoms with van der Waals surface area (Å²) in [4.78, 5) is 17.1. The fourth-order valence-electron chi connectivity index (χ4n) is 4.39. The van der Waals surface area contributed by atoms with Crippen LogP contribution in [0.15, 0.2) is 46.9 Å². The number of aromatic carboxylic acids is 1. The van der Waals surface area contributed by atoms with Crippen molar-refractivity contribution in [2.75, 3.05) is 19.8 Å². The number of carboxylic acids is 1. The minimum atomic E-state index is -1.02. The number of rotatable bonds is 5. The summed E-state index contributed by atoms with van der Waals surface area (Å²) < 4.78 is 17.6. The molecule has 1 saturated heterocycles. The van der Waals surface area contributed by atoms with Gasteiger partial charge in [0.25, 0.3) is 0 Å². The van der Waals surface area contributed by atoms with Crippen LogP contribution in [0.3, 0.4) is 0 Å². The topological polar surface area (TPSA) is 81.8 Å². The van der Waals surface area contributed by atoms with Gasteiger partial charge in [-0.1, -0.05) is 38.1 Å². The van der Waals surface area contributed by atoms with Gasteiger partial charge >= 0.3 is 5.97 Å². The van der Waals surface area contributed by atoms with Crippen molar-refractivity contribution in [3.05, 3.63) is 59.2 Å². The monoisotopic (exact) mass is 461 g/mol. The zero-order chi connectivity index (χ0) is 24.2. The van der Waals surface area contributed by atoms with E-state index in [0.717, 1.165) is 48.2 Å². The highest BCUT2D eigenvalue weighted by molar-refractivity contribution is 6.07. The van der Waals surface area contributed by atoms with Gasteiger partial charge in [-0.15, -0.1) is 0 Å². The number of carbonyl (C=O) groups is 1. The van der Waals surface area contributed by atoms with E-state index in [4.69, 9.17) is 18.9 Å². The SMILES string of the molecule is CC.Cc1c(-c2cc(C(=O)O)c3c(OCC4CCOCC4)ccc(C)c3n2)oc2ccccc12. The summed E-state index contributed by atoms with van der Waals surface area (Å²) in [6, 6.07) is 13.1. The summed E-state index contributed by atoms with van der Waals surface area (Å²) in [6.45, 7) is 9.91. The number of para-hydroxylation sites is 1. The third-order valence-electron chi connectivity index (χ3n) is 6.25. The highest BCUT2D eigenvalue weighted by atomic mass is 16.5. The maximum Gasteiger partial charge on any atom is 0.336 e. The molecule has 4 aromatic rings. The standard InChI is InChI=1S/C26H25NO5.C2H6/c1-15-7-8-22(31-14-17-9-11-30-12-10-17)23-19(26(28)29)13-20(27-24(15)23)25-16(2)18-5-3-4-6-21(18)32-25;1-2/h3-8,13,17H,9-12,14H2,1-2H3,(H,28,29);1-2H3. The van der Waals surface area contributed by atoms with Gasteiger partial charge in [0.15, 0.2) is 5.76 Å². The lowest BCUT2D eigenvalue weighted by Crippen LogP contribution is -2.21. The Hall–Kier alpha value is -3.38. The van der Waals surface area contributed by atoms with E-state index in [-0.39, 0.29) is 5.56 Å². The third-order valence-corrected chi connectivity index (χ3v) is 6.25. The first-order valence-electron chi connectivity index (χ1n) is 11.9. The van der Waals surface area contributed by atoms with Gasteiger partial charge in [0.1, 0.15) is 17.0 Å². The second-order valence-corrected chi connectivity index (χ2v) is 8.38. The minimum Gasteiger partial charge on any atom is -0.493 e. The number of aromatic nitrogens is 1. The van der Waals surface area contributed by atoms with E-state index in [0.29, 0.717) is 40.6 Å². The van der Waals surface area contributed by atoms with Gasteiger partial charge in [-0.05, 0) is 56.4 Å². The molecule has 34 heavy (non-hydrogen) atoms. The maximum absolute atomic E-state index is 12.3. The smallest absolute Gasteiger partial charge is 0.336 e. The number of fused-ring (bicyclic) bond motifs is 2. The first kappa shape index (κ1) is 23.8. The van der Waals surface area contributed by atoms with Crippen LogP contribution in [-0.2, 0) is 4.74 Å². The minimum absolute atomic E-state index is 0.163. The normalized spacial score (nSPS) is 14.1. The Morgan fingerprint density at radius 1 is 1.12 bits per heavy atom. The van der Waals surface area contributed by atoms with Crippen LogP contribution in [-0.4, -0.2) is 35.9 Å². The van der Waals surface area contributed by atoms with Crippen LogP contribution in [0.2, 0.25) is 0 Å². The number of carboxylic acid groups (broad SMARTS) is 1. The van der Waals surface area contributed by atoms with Gasteiger partial charge < -0.3 is 19.0 Å². The van der Waals surface area contributed by atoms with Gasteiger partial charge in [-0.25, -0.2) is 9.78 Å². The molecule has 0 amide bonds. The molecular formula is C28H31NO5. The van der Waals surface area contributed by atoms with E-state index in [9.17, 15) is 9.90 Å². The Bertz CT molecular complexity index is 1320. The number of nitrogens with zero attached hydrogens (tertiary/aromatic N) is 1. The highest BCUT2D eigenvalue weighted by Crippen LogP contribution is 2.37. The van der Waals surface area contributed by atoms with Gasteiger partial charge in [-0.3, -0.25) is 0 Å². The molecule has 1 fully saturated rings. The van der Waals surface area contributed by atoms with Crippen LogP contribution in [0.4, 0.5) is 0 Å². The number of ether oxygens (including phenoxy) is 2. The summed E-state index contributed by atoms with van der Waals surface area (Å²) in [5.74, 6) is 0.520. The lowest BCUT2D eigenvalue weighted by atomic mass is 10.0. The van der Waals surface area contributed by atoms with E-state index in [2.05, 4.69) is 0 Å². The Morgan fingerprint density at radius 2 is 1.85 bits per heavy atom. The van der Waals surface area contributed by atoms with Crippen molar-refractivity contribution in [2.45, 2.75) is 40.5 Å². The third kappa shape index (κ3) is 4.50. The molecule has 2 aromatic carbocycles. The largest absolute Gasteiger partial charge is 0.493 e. The van der Waals surface area contributed by atoms with Crippen LogP contribution >= 0.6 is 0 Å². The molecule has 3 heterocycles. The van der Waals surface area contributed by atoms with Crippen LogP contribution in [0, 0.1) is 19.8 Å². The van der Waals surface area contributed by atoms with E-state index in [1.807, 2.05) is 64.1 Å². The number of pyridine rings is 1. The lowest BCUT2D eigenvalue weighted by molar-refractivity contribution is 0.0500. The molecule has 0 saturated carbocycles. The van der Waals surface area contributed by atoms with Crippen molar-refractivity contribution in [2.24, 2.45) is 5.92 Å². The summed E-state index contributed by atoms with van der Waals surface area (Å²) >= 11 is 0. The predicted octanol–water partition coefficient (Wildman–Crippen LogP) is 6.79. The van der Waals surface area contributed by atoms with E-state index in [1.54, 1.807) is 6.07 Å². The molecule has 1 aliphatic heterocycles. The molecule has 0 unspecified atom stereocenters. The molecule has 5 rings (SSSR count). The zero-order valence-electron chi connectivity index (χ0n) is 20.2. The van der Waals surface area contributed by atoms with Gasteiger partial charge in [0.05, 0.1) is 23.1 Å². The molecule has 0 atom stereocenters. The van der Waals surface area contributed by atoms with Gasteiger partial charge in [0.2, 0.25) is 0 Å². The average molecular weight is 462 g/mol. The molecule has 2 aromatic heterocycles. The van der Waals surface area contributed by atoms with Crippen LogP contribution in [0.5, 0.6) is 5.75 Å². The summed E-state index contributed by atoms with van der Waals surface area (Å²) in [5.41, 5.74) is 3.86. The van der Waals surface area contributed by atoms with Crippen LogP contribution in [0.25, 0.3) is 33.3 Å². The Balaban J connectivity index is 0.00000133. The Kier molecular flexibility index (Phi) is 7.17. The molecule has 6 nitrogen and oxygen atoms in total. The first-order chi connectivity index (χ1) is 16.5. The molecule has 178 valence electrons. The van der Waals surface area contributed by atoms with Crippen molar-refractivity contribution in [1.29, 1.82) is 0 Å². The van der Waals surface area contributed by atoms with Gasteiger partial charge in [0, 0.05) is 24.2 Å². The van der Waals surface area contributed by atoms with Crippen molar-refractivity contribution >= 4 is 27.8 Å². The fraction of sp³-hybridized carbons (Fsp3) is 0.357. The molecular weight excluding hydrogens is 430 g/mol. The zero-order valence-corrected chi connectivity index (χ0v) is 20.2. The van der Waals surface area contributed by atoms with Crippen molar-refractivity contribution in [3.8, 4) is 17.2 Å². The lowest BCUT2D eigenvalue weighted by Gasteiger charge is -2.23. The van der Waals surface area contributed by atoms with Gasteiger partial charge in [-0.2, -0.15) is 0 Å². The number of aryl methyl sites for hydroxylation is 2. The summed E-state index contributed by atoms with van der Waals surface area (Å²) in [5, 5.41) is 11.6. The molecule has 1 aliphatic rings. The molecule has 0 bridgehead atoms. The second kappa shape index (κ2) is 10.3.